The number of anilines is 1. The summed E-state index contributed by atoms with van der Waals surface area (Å²) in [4.78, 5) is 6.68. The molecule has 0 fully saturated rings. The summed E-state index contributed by atoms with van der Waals surface area (Å²) >= 11 is 0. The number of nitrogen functional groups attached to an aromatic ring is 1. The Morgan fingerprint density at radius 3 is 2.59 bits per heavy atom. The predicted octanol–water partition coefficient (Wildman–Crippen LogP) is 2.16. The number of nitrogens with zero attached hydrogens (tertiary/aromatic N) is 2. The highest BCUT2D eigenvalue weighted by molar-refractivity contribution is 5.85. The van der Waals surface area contributed by atoms with Crippen LogP contribution in [0.1, 0.15) is 25.3 Å². The maximum absolute atomic E-state index is 5.53. The van der Waals surface area contributed by atoms with Gasteiger partial charge in [0.15, 0.2) is 0 Å². The molecular weight excluding hydrogens is 261 g/mol. The van der Waals surface area contributed by atoms with Crippen LogP contribution in [0.3, 0.4) is 0 Å². The summed E-state index contributed by atoms with van der Waals surface area (Å²) in [6.45, 7) is 7.77. The largest absolute Gasteiger partial charge is 0.429 e. The molecule has 0 atom stereocenters. The van der Waals surface area contributed by atoms with E-state index in [4.69, 9.17) is 10.2 Å². The van der Waals surface area contributed by atoms with Crippen molar-refractivity contribution in [2.24, 2.45) is 5.92 Å². The summed E-state index contributed by atoms with van der Waals surface area (Å²) < 4.78 is 5.38. The lowest BCUT2D eigenvalue weighted by molar-refractivity contribution is 0.252. The number of halogens is 2. The second-order valence-electron chi connectivity index (χ2n) is 4.62. The number of rotatable bonds is 2. The van der Waals surface area contributed by atoms with Crippen molar-refractivity contribution in [3.8, 4) is 0 Å². The van der Waals surface area contributed by atoms with Gasteiger partial charge in [0.05, 0.1) is 5.69 Å². The van der Waals surface area contributed by atoms with Crippen molar-refractivity contribution in [2.75, 3.05) is 25.4 Å². The highest BCUT2D eigenvalue weighted by Gasteiger charge is 2.19. The summed E-state index contributed by atoms with van der Waals surface area (Å²) in [5.74, 6) is 1.70. The first-order valence-electron chi connectivity index (χ1n) is 5.61. The van der Waals surface area contributed by atoms with Crippen LogP contribution in [0.2, 0.25) is 0 Å². The van der Waals surface area contributed by atoms with Gasteiger partial charge in [-0.25, -0.2) is 0 Å². The molecule has 1 aromatic heterocycles. The van der Waals surface area contributed by atoms with Crippen molar-refractivity contribution in [1.29, 1.82) is 0 Å². The van der Waals surface area contributed by atoms with E-state index < -0.39 is 0 Å². The van der Waals surface area contributed by atoms with E-state index in [0.29, 0.717) is 11.9 Å². The van der Waals surface area contributed by atoms with E-state index in [2.05, 4.69) is 23.7 Å². The minimum absolute atomic E-state index is 0. The number of fused-ring (bicyclic) bond motifs is 1. The fourth-order valence-corrected chi connectivity index (χ4v) is 2.13. The van der Waals surface area contributed by atoms with Gasteiger partial charge in [-0.15, -0.1) is 24.8 Å². The number of aromatic nitrogens is 1. The van der Waals surface area contributed by atoms with Crippen LogP contribution in [0.4, 0.5) is 6.01 Å². The molecule has 0 saturated heterocycles. The van der Waals surface area contributed by atoms with E-state index in [-0.39, 0.29) is 24.8 Å². The van der Waals surface area contributed by atoms with Crippen LogP contribution < -0.4 is 5.73 Å². The molecule has 2 rings (SSSR count). The summed E-state index contributed by atoms with van der Waals surface area (Å²) in [5, 5.41) is 0. The zero-order chi connectivity index (χ0) is 10.8. The fraction of sp³-hybridized carbons (Fsp3) is 0.727. The highest BCUT2D eigenvalue weighted by Crippen LogP contribution is 2.18. The van der Waals surface area contributed by atoms with Gasteiger partial charge < -0.3 is 15.1 Å². The standard InChI is InChI=1S/C11H19N3O.2ClH/c1-8(2)7-14-5-3-9-10(4-6-14)15-11(12)13-9;;/h8H,3-7H2,1-2H3,(H2,12,13);2*1H. The van der Waals surface area contributed by atoms with Gasteiger partial charge in [-0.3, -0.25) is 0 Å². The first-order valence-corrected chi connectivity index (χ1v) is 5.61. The molecule has 0 saturated carbocycles. The molecule has 0 amide bonds. The maximum atomic E-state index is 5.53. The van der Waals surface area contributed by atoms with Crippen LogP contribution in [0.5, 0.6) is 0 Å². The summed E-state index contributed by atoms with van der Waals surface area (Å²) in [7, 11) is 0. The SMILES string of the molecule is CC(C)CN1CCc2nc(N)oc2CC1.Cl.Cl. The molecular formula is C11H21Cl2N3O. The summed E-state index contributed by atoms with van der Waals surface area (Å²) in [6, 6.07) is 0.317. The fourth-order valence-electron chi connectivity index (χ4n) is 2.13. The molecule has 0 aromatic carbocycles. The molecule has 4 nitrogen and oxygen atoms in total. The minimum Gasteiger partial charge on any atom is -0.429 e. The predicted molar refractivity (Wildman–Crippen MR) is 74.1 cm³/mol. The third-order valence-corrected chi connectivity index (χ3v) is 2.74. The Bertz CT molecular complexity index is 316. The van der Waals surface area contributed by atoms with Crippen molar-refractivity contribution < 1.29 is 4.42 Å². The molecule has 6 heteroatoms. The van der Waals surface area contributed by atoms with Crippen LogP contribution in [0, 0.1) is 5.92 Å². The normalized spacial score (nSPS) is 15.7. The molecule has 0 radical (unpaired) electrons. The molecule has 0 unspecified atom stereocenters. The third-order valence-electron chi connectivity index (χ3n) is 2.74. The maximum Gasteiger partial charge on any atom is 0.292 e. The molecule has 1 aliphatic heterocycles. The van der Waals surface area contributed by atoms with Gasteiger partial charge in [0, 0.05) is 32.5 Å². The quantitative estimate of drug-likeness (QED) is 0.903. The Morgan fingerprint density at radius 1 is 1.29 bits per heavy atom. The van der Waals surface area contributed by atoms with Crippen LogP contribution >= 0.6 is 24.8 Å². The van der Waals surface area contributed by atoms with Crippen LogP contribution in [-0.2, 0) is 12.8 Å². The average molecular weight is 282 g/mol. The zero-order valence-electron chi connectivity index (χ0n) is 10.3. The van der Waals surface area contributed by atoms with E-state index >= 15 is 0 Å². The second kappa shape index (κ2) is 7.09. The Kier molecular flexibility index (Phi) is 6.90. The Labute approximate surface area is 115 Å². The van der Waals surface area contributed by atoms with Crippen molar-refractivity contribution in [2.45, 2.75) is 26.7 Å². The van der Waals surface area contributed by atoms with E-state index in [1.54, 1.807) is 0 Å². The number of hydrogen-bond acceptors (Lipinski definition) is 4. The Hall–Kier alpha value is -0.450. The monoisotopic (exact) mass is 281 g/mol. The van der Waals surface area contributed by atoms with Gasteiger partial charge >= 0.3 is 0 Å². The Balaban J connectivity index is 0.00000128. The van der Waals surface area contributed by atoms with E-state index in [1.807, 2.05) is 0 Å². The first kappa shape index (κ1) is 16.6. The van der Waals surface area contributed by atoms with Gasteiger partial charge in [0.25, 0.3) is 6.01 Å². The van der Waals surface area contributed by atoms with E-state index in [0.717, 1.165) is 43.9 Å². The van der Waals surface area contributed by atoms with Crippen LogP contribution in [0.25, 0.3) is 0 Å². The van der Waals surface area contributed by atoms with Gasteiger partial charge in [0.1, 0.15) is 5.76 Å². The molecule has 1 aromatic rings. The summed E-state index contributed by atoms with van der Waals surface area (Å²) in [6.07, 6.45) is 1.90. The van der Waals surface area contributed by atoms with Gasteiger partial charge in [-0.05, 0) is 5.92 Å². The summed E-state index contributed by atoms with van der Waals surface area (Å²) in [5.41, 5.74) is 6.59. The average Bonchev–Trinajstić information content (AvgIpc) is 2.41. The van der Waals surface area contributed by atoms with Crippen molar-refractivity contribution in [3.05, 3.63) is 11.5 Å². The lowest BCUT2D eigenvalue weighted by Crippen LogP contribution is -2.30. The van der Waals surface area contributed by atoms with E-state index in [1.165, 1.54) is 0 Å². The zero-order valence-corrected chi connectivity index (χ0v) is 11.9. The van der Waals surface area contributed by atoms with E-state index in [9.17, 15) is 0 Å². The molecule has 0 spiro atoms. The molecule has 17 heavy (non-hydrogen) atoms. The first-order chi connectivity index (χ1) is 7.15. The molecule has 2 N–H and O–H groups in total. The molecule has 0 aliphatic carbocycles. The van der Waals surface area contributed by atoms with Gasteiger partial charge in [-0.2, -0.15) is 4.98 Å². The lowest BCUT2D eigenvalue weighted by Gasteiger charge is -2.21. The van der Waals surface area contributed by atoms with Crippen LogP contribution in [-0.4, -0.2) is 29.5 Å². The molecule has 2 heterocycles. The van der Waals surface area contributed by atoms with Crippen LogP contribution in [0.15, 0.2) is 4.42 Å². The topological polar surface area (TPSA) is 55.3 Å². The number of hydrogen-bond donors (Lipinski definition) is 1. The number of oxazole rings is 1. The minimum atomic E-state index is 0. The lowest BCUT2D eigenvalue weighted by atomic mass is 10.2. The van der Waals surface area contributed by atoms with Gasteiger partial charge in [-0.1, -0.05) is 13.8 Å². The third kappa shape index (κ3) is 4.37. The smallest absolute Gasteiger partial charge is 0.292 e. The van der Waals surface area contributed by atoms with Crippen molar-refractivity contribution >= 4 is 30.8 Å². The molecule has 100 valence electrons. The second-order valence-corrected chi connectivity index (χ2v) is 4.62. The van der Waals surface area contributed by atoms with Crippen molar-refractivity contribution in [3.63, 3.8) is 0 Å². The Morgan fingerprint density at radius 2 is 1.94 bits per heavy atom. The molecule has 0 bridgehead atoms. The van der Waals surface area contributed by atoms with Crippen molar-refractivity contribution in [1.82, 2.24) is 9.88 Å². The van der Waals surface area contributed by atoms with Gasteiger partial charge in [0.2, 0.25) is 0 Å². The molecule has 1 aliphatic rings. The number of nitrogens with two attached hydrogens (primary N) is 1. The highest BCUT2D eigenvalue weighted by atomic mass is 35.5.